The minimum atomic E-state index is -0.461. The number of amides is 2. The summed E-state index contributed by atoms with van der Waals surface area (Å²) < 4.78 is 10.1. The predicted molar refractivity (Wildman–Crippen MR) is 92.3 cm³/mol. The standard InChI is InChI=1S/C17H18N6O4/c1-10-4-3-5-11(8-10)15-20-13(26-22-15)7-6-12(24)19-9-14-21-16(23-27-14)17(25)18-2/h3-5,8H,6-7,9H2,1-2H3,(H,18,25)(H,19,24). The summed E-state index contributed by atoms with van der Waals surface area (Å²) in [4.78, 5) is 31.4. The third-order valence-electron chi connectivity index (χ3n) is 3.65. The van der Waals surface area contributed by atoms with Gasteiger partial charge in [0.2, 0.25) is 23.5 Å². The molecule has 0 radical (unpaired) electrons. The summed E-state index contributed by atoms with van der Waals surface area (Å²) in [5.41, 5.74) is 1.96. The Hall–Kier alpha value is -3.56. The zero-order chi connectivity index (χ0) is 19.2. The van der Waals surface area contributed by atoms with Gasteiger partial charge >= 0.3 is 0 Å². The highest BCUT2D eigenvalue weighted by atomic mass is 16.5. The van der Waals surface area contributed by atoms with Crippen LogP contribution in [0.5, 0.6) is 0 Å². The molecule has 2 heterocycles. The Morgan fingerprint density at radius 1 is 1.11 bits per heavy atom. The molecule has 0 unspecified atom stereocenters. The highest BCUT2D eigenvalue weighted by Crippen LogP contribution is 2.17. The van der Waals surface area contributed by atoms with Gasteiger partial charge in [0, 0.05) is 25.5 Å². The van der Waals surface area contributed by atoms with Crippen LogP contribution in [-0.4, -0.2) is 39.1 Å². The molecule has 10 nitrogen and oxygen atoms in total. The molecule has 3 rings (SSSR count). The fourth-order valence-electron chi connectivity index (χ4n) is 2.27. The van der Waals surface area contributed by atoms with E-state index < -0.39 is 5.91 Å². The van der Waals surface area contributed by atoms with Gasteiger partial charge in [-0.25, -0.2) is 0 Å². The van der Waals surface area contributed by atoms with E-state index >= 15 is 0 Å². The summed E-state index contributed by atoms with van der Waals surface area (Å²) in [5, 5.41) is 12.5. The molecule has 3 aromatic rings. The molecular weight excluding hydrogens is 352 g/mol. The first-order valence-electron chi connectivity index (χ1n) is 8.26. The second-order valence-electron chi connectivity index (χ2n) is 5.75. The van der Waals surface area contributed by atoms with Crippen LogP contribution in [0.3, 0.4) is 0 Å². The van der Waals surface area contributed by atoms with Gasteiger partial charge in [0.05, 0.1) is 6.54 Å². The maximum atomic E-state index is 11.9. The van der Waals surface area contributed by atoms with E-state index in [4.69, 9.17) is 9.05 Å². The van der Waals surface area contributed by atoms with E-state index in [0.29, 0.717) is 18.1 Å². The normalized spacial score (nSPS) is 10.6. The molecule has 27 heavy (non-hydrogen) atoms. The van der Waals surface area contributed by atoms with E-state index in [1.165, 1.54) is 7.05 Å². The minimum Gasteiger partial charge on any atom is -0.352 e. The predicted octanol–water partition coefficient (Wildman–Crippen LogP) is 1.04. The smallest absolute Gasteiger partial charge is 0.292 e. The van der Waals surface area contributed by atoms with E-state index in [2.05, 4.69) is 30.9 Å². The Labute approximate surface area is 154 Å². The number of hydrogen-bond acceptors (Lipinski definition) is 8. The minimum absolute atomic E-state index is 0.0290. The van der Waals surface area contributed by atoms with Gasteiger partial charge in [-0.1, -0.05) is 34.1 Å². The van der Waals surface area contributed by atoms with Crippen molar-refractivity contribution in [3.05, 3.63) is 47.4 Å². The van der Waals surface area contributed by atoms with Gasteiger partial charge in [-0.3, -0.25) is 9.59 Å². The molecule has 140 valence electrons. The number of hydrogen-bond donors (Lipinski definition) is 2. The van der Waals surface area contributed by atoms with Crippen molar-refractivity contribution >= 4 is 11.8 Å². The Morgan fingerprint density at radius 2 is 1.93 bits per heavy atom. The highest BCUT2D eigenvalue weighted by Gasteiger charge is 2.14. The lowest BCUT2D eigenvalue weighted by Gasteiger charge is -1.99. The van der Waals surface area contributed by atoms with E-state index in [-0.39, 0.29) is 30.6 Å². The van der Waals surface area contributed by atoms with E-state index in [1.54, 1.807) is 0 Å². The monoisotopic (exact) mass is 370 g/mol. The summed E-state index contributed by atoms with van der Waals surface area (Å²) in [6, 6.07) is 7.75. The number of carbonyl (C=O) groups is 2. The van der Waals surface area contributed by atoms with E-state index in [9.17, 15) is 9.59 Å². The molecule has 2 amide bonds. The summed E-state index contributed by atoms with van der Waals surface area (Å²) in [6.07, 6.45) is 0.462. The summed E-state index contributed by atoms with van der Waals surface area (Å²) in [5.74, 6) is 0.211. The number of rotatable bonds is 7. The van der Waals surface area contributed by atoms with Crippen molar-refractivity contribution in [2.75, 3.05) is 7.05 Å². The average Bonchev–Trinajstić information content (AvgIpc) is 3.33. The molecule has 2 aromatic heterocycles. The number of carbonyl (C=O) groups excluding carboxylic acids is 2. The van der Waals surface area contributed by atoms with Crippen molar-refractivity contribution in [2.45, 2.75) is 26.3 Å². The second-order valence-corrected chi connectivity index (χ2v) is 5.75. The van der Waals surface area contributed by atoms with Crippen molar-refractivity contribution in [3.8, 4) is 11.4 Å². The van der Waals surface area contributed by atoms with Crippen molar-refractivity contribution in [1.29, 1.82) is 0 Å². The maximum Gasteiger partial charge on any atom is 0.292 e. The molecule has 0 saturated heterocycles. The molecule has 0 saturated carbocycles. The lowest BCUT2D eigenvalue weighted by atomic mass is 10.1. The molecule has 1 aromatic carbocycles. The van der Waals surface area contributed by atoms with Crippen molar-refractivity contribution in [1.82, 2.24) is 30.9 Å². The van der Waals surface area contributed by atoms with Gasteiger partial charge in [-0.2, -0.15) is 9.97 Å². The van der Waals surface area contributed by atoms with Crippen LogP contribution in [-0.2, 0) is 17.8 Å². The lowest BCUT2D eigenvalue weighted by molar-refractivity contribution is -0.121. The van der Waals surface area contributed by atoms with Crippen molar-refractivity contribution in [2.24, 2.45) is 0 Å². The van der Waals surface area contributed by atoms with Crippen LogP contribution < -0.4 is 10.6 Å². The summed E-state index contributed by atoms with van der Waals surface area (Å²) in [7, 11) is 1.46. The second kappa shape index (κ2) is 8.21. The Balaban J connectivity index is 1.48. The number of aromatic nitrogens is 4. The van der Waals surface area contributed by atoms with Crippen LogP contribution in [0.1, 0.15) is 34.4 Å². The maximum absolute atomic E-state index is 11.9. The van der Waals surface area contributed by atoms with Crippen molar-refractivity contribution in [3.63, 3.8) is 0 Å². The third kappa shape index (κ3) is 4.75. The molecule has 0 fully saturated rings. The molecule has 0 spiro atoms. The molecule has 0 aliphatic heterocycles. The summed E-state index contributed by atoms with van der Waals surface area (Å²) in [6.45, 7) is 2.01. The first kappa shape index (κ1) is 18.2. The number of aryl methyl sites for hydroxylation is 2. The first-order valence-corrected chi connectivity index (χ1v) is 8.26. The fourth-order valence-corrected chi connectivity index (χ4v) is 2.27. The molecule has 0 bridgehead atoms. The number of benzene rings is 1. The largest absolute Gasteiger partial charge is 0.352 e. The van der Waals surface area contributed by atoms with Crippen LogP contribution in [0.4, 0.5) is 0 Å². The lowest BCUT2D eigenvalue weighted by Crippen LogP contribution is -2.23. The van der Waals surface area contributed by atoms with Crippen LogP contribution in [0, 0.1) is 6.92 Å². The molecule has 2 N–H and O–H groups in total. The zero-order valence-corrected chi connectivity index (χ0v) is 14.9. The van der Waals surface area contributed by atoms with Crippen LogP contribution in [0.15, 0.2) is 33.3 Å². The average molecular weight is 370 g/mol. The van der Waals surface area contributed by atoms with Crippen LogP contribution in [0.25, 0.3) is 11.4 Å². The van der Waals surface area contributed by atoms with Crippen LogP contribution in [0.2, 0.25) is 0 Å². The molecular formula is C17H18N6O4. The third-order valence-corrected chi connectivity index (χ3v) is 3.65. The van der Waals surface area contributed by atoms with Gasteiger partial charge < -0.3 is 19.7 Å². The fraction of sp³-hybridized carbons (Fsp3) is 0.294. The highest BCUT2D eigenvalue weighted by molar-refractivity contribution is 5.89. The molecule has 0 aliphatic carbocycles. The van der Waals surface area contributed by atoms with Gasteiger partial charge in [0.25, 0.3) is 11.7 Å². The Morgan fingerprint density at radius 3 is 2.70 bits per heavy atom. The van der Waals surface area contributed by atoms with Crippen LogP contribution >= 0.6 is 0 Å². The van der Waals surface area contributed by atoms with Gasteiger partial charge in [-0.15, -0.1) is 0 Å². The zero-order valence-electron chi connectivity index (χ0n) is 14.9. The van der Waals surface area contributed by atoms with E-state index in [0.717, 1.165) is 11.1 Å². The van der Waals surface area contributed by atoms with Gasteiger partial charge in [0.1, 0.15) is 0 Å². The quantitative estimate of drug-likeness (QED) is 0.629. The first-order chi connectivity index (χ1) is 13.0. The molecule has 0 atom stereocenters. The topological polar surface area (TPSA) is 136 Å². The summed E-state index contributed by atoms with van der Waals surface area (Å²) >= 11 is 0. The van der Waals surface area contributed by atoms with E-state index in [1.807, 2.05) is 31.2 Å². The Bertz CT molecular complexity index is 948. The molecule has 0 aliphatic rings. The Kier molecular flexibility index (Phi) is 5.55. The number of nitrogens with zero attached hydrogens (tertiary/aromatic N) is 4. The number of nitrogens with one attached hydrogen (secondary N) is 2. The molecule has 10 heteroatoms. The van der Waals surface area contributed by atoms with Crippen molar-refractivity contribution < 1.29 is 18.6 Å². The van der Waals surface area contributed by atoms with Gasteiger partial charge in [0.15, 0.2) is 0 Å². The SMILES string of the molecule is CNC(=O)c1noc(CNC(=O)CCc2nc(-c3cccc(C)c3)no2)n1. The van der Waals surface area contributed by atoms with Gasteiger partial charge in [-0.05, 0) is 13.0 Å².